The molecule has 0 spiro atoms. The minimum Gasteiger partial charge on any atom is -0.435 e. The van der Waals surface area contributed by atoms with Crippen LogP contribution >= 0.6 is 0 Å². The molecule has 1 aliphatic rings. The van der Waals surface area contributed by atoms with Crippen LogP contribution in [0.5, 0.6) is 5.75 Å². The molecule has 0 bridgehead atoms. The zero-order chi connectivity index (χ0) is 25.7. The first-order valence-electron chi connectivity index (χ1n) is 12.1. The number of rotatable bonds is 9. The van der Waals surface area contributed by atoms with Crippen LogP contribution in [0.1, 0.15) is 67.9 Å². The number of halogens is 2. The molecule has 3 aromatic rings. The summed E-state index contributed by atoms with van der Waals surface area (Å²) < 4.78 is 31.1. The van der Waals surface area contributed by atoms with E-state index in [1.807, 2.05) is 13.8 Å². The minimum atomic E-state index is -2.89. The summed E-state index contributed by atoms with van der Waals surface area (Å²) in [5.41, 5.74) is 3.31. The number of carbonyl (C=O) groups is 1. The quantitative estimate of drug-likeness (QED) is 0.278. The number of ether oxygens (including phenoxy) is 1. The highest BCUT2D eigenvalue weighted by Crippen LogP contribution is 2.30. The minimum absolute atomic E-state index is 0.0610. The number of anilines is 1. The Balaban J connectivity index is 1.60. The SMILES string of the molecule is CCC(NC(=O)c1cnc2c(cnn2CC)c1NC1CCC(=NO)CC1)c1ccc(OC(F)F)cc1. The fraction of sp³-hybridized carbons (Fsp3) is 0.440. The Bertz CT molecular complexity index is 1220. The Morgan fingerprint density at radius 2 is 1.94 bits per heavy atom. The molecule has 0 aliphatic heterocycles. The number of hydrogen-bond acceptors (Lipinski definition) is 7. The summed E-state index contributed by atoms with van der Waals surface area (Å²) in [4.78, 5) is 18.0. The third-order valence-electron chi connectivity index (χ3n) is 6.48. The van der Waals surface area contributed by atoms with Gasteiger partial charge >= 0.3 is 6.61 Å². The Hall–Kier alpha value is -3.76. The van der Waals surface area contributed by atoms with Crippen molar-refractivity contribution in [3.05, 3.63) is 47.8 Å². The van der Waals surface area contributed by atoms with Gasteiger partial charge in [0.15, 0.2) is 5.65 Å². The molecule has 1 fully saturated rings. The Labute approximate surface area is 207 Å². The smallest absolute Gasteiger partial charge is 0.387 e. The lowest BCUT2D eigenvalue weighted by Gasteiger charge is -2.26. The predicted molar refractivity (Wildman–Crippen MR) is 132 cm³/mol. The molecular weight excluding hydrogens is 470 g/mol. The lowest BCUT2D eigenvalue weighted by atomic mass is 9.93. The zero-order valence-corrected chi connectivity index (χ0v) is 20.2. The van der Waals surface area contributed by atoms with Crippen LogP contribution in [-0.4, -0.2) is 44.2 Å². The molecule has 0 saturated heterocycles. The average Bonchev–Trinajstić information content (AvgIpc) is 3.31. The normalized spacial score (nSPS) is 16.7. The van der Waals surface area contributed by atoms with E-state index in [4.69, 9.17) is 5.21 Å². The highest BCUT2D eigenvalue weighted by molar-refractivity contribution is 6.06. The molecular formula is C25H30F2N6O3. The van der Waals surface area contributed by atoms with Crippen LogP contribution in [0.4, 0.5) is 14.5 Å². The number of amides is 1. The fourth-order valence-corrected chi connectivity index (χ4v) is 4.52. The topological polar surface area (TPSA) is 114 Å². The van der Waals surface area contributed by atoms with E-state index in [9.17, 15) is 13.6 Å². The number of nitrogens with one attached hydrogen (secondary N) is 2. The lowest BCUT2D eigenvalue weighted by molar-refractivity contribution is -0.0498. The van der Waals surface area contributed by atoms with Gasteiger partial charge in [-0.1, -0.05) is 24.2 Å². The molecule has 0 radical (unpaired) electrons. The van der Waals surface area contributed by atoms with Crippen molar-refractivity contribution in [1.29, 1.82) is 0 Å². The van der Waals surface area contributed by atoms with Gasteiger partial charge in [0.05, 0.1) is 34.6 Å². The molecule has 1 atom stereocenters. The number of carbonyl (C=O) groups excluding carboxylic acids is 1. The van der Waals surface area contributed by atoms with Gasteiger partial charge in [-0.3, -0.25) is 4.79 Å². The number of oxime groups is 1. The molecule has 36 heavy (non-hydrogen) atoms. The van der Waals surface area contributed by atoms with E-state index in [0.717, 1.165) is 29.5 Å². The number of benzene rings is 1. The van der Waals surface area contributed by atoms with Crippen LogP contribution < -0.4 is 15.4 Å². The maximum Gasteiger partial charge on any atom is 0.387 e. The number of pyridine rings is 1. The average molecular weight is 501 g/mol. The molecule has 4 rings (SSSR count). The monoisotopic (exact) mass is 500 g/mol. The van der Waals surface area contributed by atoms with Gasteiger partial charge in [-0.2, -0.15) is 13.9 Å². The summed E-state index contributed by atoms with van der Waals surface area (Å²) in [5.74, 6) is -0.241. The number of fused-ring (bicyclic) bond motifs is 1. The van der Waals surface area contributed by atoms with Crippen molar-refractivity contribution < 1.29 is 23.5 Å². The third-order valence-corrected chi connectivity index (χ3v) is 6.48. The third kappa shape index (κ3) is 5.55. The lowest BCUT2D eigenvalue weighted by Crippen LogP contribution is -2.31. The van der Waals surface area contributed by atoms with Crippen LogP contribution in [0.15, 0.2) is 41.8 Å². The second-order valence-electron chi connectivity index (χ2n) is 8.71. The molecule has 3 N–H and O–H groups in total. The molecule has 1 amide bonds. The zero-order valence-electron chi connectivity index (χ0n) is 20.2. The highest BCUT2D eigenvalue weighted by atomic mass is 19.3. The maximum absolute atomic E-state index is 13.5. The summed E-state index contributed by atoms with van der Waals surface area (Å²) in [6, 6.07) is 6.02. The summed E-state index contributed by atoms with van der Waals surface area (Å²) in [7, 11) is 0. The number of hydrogen-bond donors (Lipinski definition) is 3. The summed E-state index contributed by atoms with van der Waals surface area (Å²) in [5, 5.41) is 24.2. The predicted octanol–water partition coefficient (Wildman–Crippen LogP) is 5.12. The first kappa shape index (κ1) is 25.3. The van der Waals surface area contributed by atoms with Crippen molar-refractivity contribution in [3.63, 3.8) is 0 Å². The van der Waals surface area contributed by atoms with Gasteiger partial charge in [-0.05, 0) is 56.7 Å². The second kappa shape index (κ2) is 11.3. The van der Waals surface area contributed by atoms with E-state index >= 15 is 0 Å². The van der Waals surface area contributed by atoms with Crippen molar-refractivity contribution in [1.82, 2.24) is 20.1 Å². The molecule has 9 nitrogen and oxygen atoms in total. The number of aryl methyl sites for hydroxylation is 1. The van der Waals surface area contributed by atoms with Gasteiger partial charge in [-0.25, -0.2) is 9.67 Å². The van der Waals surface area contributed by atoms with Crippen LogP contribution in [0.25, 0.3) is 11.0 Å². The number of alkyl halides is 2. The van der Waals surface area contributed by atoms with E-state index in [-0.39, 0.29) is 23.7 Å². The highest BCUT2D eigenvalue weighted by Gasteiger charge is 2.25. The standard InChI is InChI=1S/C25H30F2N6O3/c1-3-21(15-5-11-18(12-6-15)36-25(26)27)31-24(34)20-13-28-23-19(14-29-33(23)4-2)22(20)30-16-7-9-17(32-35)10-8-16/h5-6,11-14,16,21,25,35H,3-4,7-10H2,1-2H3,(H,28,30)(H,31,34). The second-order valence-corrected chi connectivity index (χ2v) is 8.71. The molecule has 192 valence electrons. The van der Waals surface area contributed by atoms with Crippen molar-refractivity contribution >= 4 is 28.3 Å². The van der Waals surface area contributed by atoms with E-state index in [1.54, 1.807) is 29.2 Å². The molecule has 11 heteroatoms. The fourth-order valence-electron chi connectivity index (χ4n) is 4.52. The van der Waals surface area contributed by atoms with E-state index in [1.165, 1.54) is 12.1 Å². The van der Waals surface area contributed by atoms with E-state index < -0.39 is 6.61 Å². The summed E-state index contributed by atoms with van der Waals surface area (Å²) in [6.45, 7) is 1.66. The van der Waals surface area contributed by atoms with Gasteiger partial charge in [-0.15, -0.1) is 0 Å². The van der Waals surface area contributed by atoms with Crippen molar-refractivity contribution in [2.45, 2.75) is 71.2 Å². The van der Waals surface area contributed by atoms with Gasteiger partial charge < -0.3 is 20.6 Å². The Morgan fingerprint density at radius 1 is 1.22 bits per heavy atom. The molecule has 1 aliphatic carbocycles. The molecule has 1 unspecified atom stereocenters. The summed E-state index contributed by atoms with van der Waals surface area (Å²) >= 11 is 0. The van der Waals surface area contributed by atoms with Crippen molar-refractivity contribution in [2.75, 3.05) is 5.32 Å². The Morgan fingerprint density at radius 3 is 2.56 bits per heavy atom. The van der Waals surface area contributed by atoms with Crippen LogP contribution in [0, 0.1) is 0 Å². The Kier molecular flexibility index (Phi) is 7.97. The van der Waals surface area contributed by atoms with Crippen LogP contribution in [0.2, 0.25) is 0 Å². The van der Waals surface area contributed by atoms with Crippen molar-refractivity contribution in [2.24, 2.45) is 5.16 Å². The number of nitrogens with zero attached hydrogens (tertiary/aromatic N) is 4. The van der Waals surface area contributed by atoms with Crippen molar-refractivity contribution in [3.8, 4) is 5.75 Å². The van der Waals surface area contributed by atoms with Crippen LogP contribution in [0.3, 0.4) is 0 Å². The van der Waals surface area contributed by atoms with Gasteiger partial charge in [0.1, 0.15) is 5.75 Å². The first-order valence-corrected chi connectivity index (χ1v) is 12.1. The first-order chi connectivity index (χ1) is 17.4. The summed E-state index contributed by atoms with van der Waals surface area (Å²) in [6.07, 6.45) is 6.78. The molecule has 1 aromatic carbocycles. The largest absolute Gasteiger partial charge is 0.435 e. The van der Waals surface area contributed by atoms with Crippen LogP contribution in [-0.2, 0) is 6.54 Å². The molecule has 2 heterocycles. The van der Waals surface area contributed by atoms with Gasteiger partial charge in [0.25, 0.3) is 5.91 Å². The van der Waals surface area contributed by atoms with E-state index in [2.05, 4.69) is 30.6 Å². The molecule has 1 saturated carbocycles. The number of aromatic nitrogens is 3. The van der Waals surface area contributed by atoms with Gasteiger partial charge in [0, 0.05) is 18.8 Å². The maximum atomic E-state index is 13.5. The molecule has 2 aromatic heterocycles. The van der Waals surface area contributed by atoms with E-state index in [0.29, 0.717) is 42.7 Å². The van der Waals surface area contributed by atoms with Gasteiger partial charge in [0.2, 0.25) is 0 Å².